The van der Waals surface area contributed by atoms with Crippen molar-refractivity contribution in [1.29, 1.82) is 0 Å². The van der Waals surface area contributed by atoms with Crippen molar-refractivity contribution in [3.63, 3.8) is 0 Å². The largest absolute Gasteiger partial charge is 0.368 e. The topological polar surface area (TPSA) is 17.1 Å². The van der Waals surface area contributed by atoms with Crippen LogP contribution in [0.3, 0.4) is 0 Å². The van der Waals surface area contributed by atoms with E-state index in [1.165, 1.54) is 5.56 Å². The van der Waals surface area contributed by atoms with Gasteiger partial charge in [0.1, 0.15) is 16.6 Å². The van der Waals surface area contributed by atoms with E-state index in [-0.39, 0.29) is 10.9 Å². The second-order valence-corrected chi connectivity index (χ2v) is 5.71. The van der Waals surface area contributed by atoms with Crippen LogP contribution in [-0.4, -0.2) is 5.12 Å². The van der Waals surface area contributed by atoms with E-state index in [1.807, 2.05) is 48.5 Å². The quantitative estimate of drug-likeness (QED) is 0.684. The van der Waals surface area contributed by atoms with Crippen molar-refractivity contribution in [3.8, 4) is 0 Å². The third-order valence-electron chi connectivity index (χ3n) is 2.79. The minimum Gasteiger partial charge on any atom is -0.231 e. The Morgan fingerprint density at radius 3 is 2.31 bits per heavy atom. The van der Waals surface area contributed by atoms with Gasteiger partial charge in [-0.25, -0.2) is 4.79 Å². The molecule has 1 unspecified atom stereocenters. The summed E-state index contributed by atoms with van der Waals surface area (Å²) in [7, 11) is -0.271. The van der Waals surface area contributed by atoms with Crippen LogP contribution in [0, 0.1) is 0 Å². The van der Waals surface area contributed by atoms with Gasteiger partial charge in [-0.05, 0) is 18.2 Å². The first kappa shape index (κ1) is 9.67. The maximum atomic E-state index is 12.2. The van der Waals surface area contributed by atoms with Gasteiger partial charge in [-0.15, -0.1) is 0 Å². The molecule has 0 amide bonds. The van der Waals surface area contributed by atoms with Crippen molar-refractivity contribution < 1.29 is 4.79 Å². The molecular weight excluding hydrogens is 216 g/mol. The zero-order valence-electron chi connectivity index (χ0n) is 8.72. The second-order valence-electron chi connectivity index (χ2n) is 3.79. The number of hydrogen-bond acceptors (Lipinski definition) is 1. The normalized spacial score (nSPS) is 18.5. The highest BCUT2D eigenvalue weighted by molar-refractivity contribution is 8.11. The highest BCUT2D eigenvalue weighted by atomic mass is 32.2. The molecule has 2 heteroatoms. The Morgan fingerprint density at radius 2 is 1.56 bits per heavy atom. The third-order valence-corrected chi connectivity index (χ3v) is 4.90. The summed E-state index contributed by atoms with van der Waals surface area (Å²) in [5.74, 6) is 0.874. The fourth-order valence-corrected chi connectivity index (χ4v) is 4.00. The lowest BCUT2D eigenvalue weighted by Crippen LogP contribution is -2.09. The maximum Gasteiger partial charge on any atom is 0.368 e. The van der Waals surface area contributed by atoms with E-state index in [1.54, 1.807) is 0 Å². The molecule has 3 rings (SSSR count). The van der Waals surface area contributed by atoms with Crippen LogP contribution in [0.15, 0.2) is 59.5 Å². The van der Waals surface area contributed by atoms with E-state index < -0.39 is 0 Å². The van der Waals surface area contributed by atoms with Crippen LogP contribution < -0.4 is 0 Å². The Hall–Kier alpha value is -1.54. The molecule has 16 heavy (non-hydrogen) atoms. The molecule has 2 aromatic rings. The van der Waals surface area contributed by atoms with E-state index in [4.69, 9.17) is 0 Å². The maximum absolute atomic E-state index is 12.2. The molecule has 0 N–H and O–H groups in total. The number of hydrogen-bond donors (Lipinski definition) is 0. The second kappa shape index (κ2) is 3.80. The molecule has 0 bridgehead atoms. The summed E-state index contributed by atoms with van der Waals surface area (Å²) >= 11 is 0. The van der Waals surface area contributed by atoms with E-state index >= 15 is 0 Å². The smallest absolute Gasteiger partial charge is 0.231 e. The fourth-order valence-electron chi connectivity index (χ4n) is 1.97. The summed E-state index contributed by atoms with van der Waals surface area (Å²) in [5, 5.41) is 0.293. The van der Waals surface area contributed by atoms with Gasteiger partial charge in [0, 0.05) is 5.56 Å². The predicted octanol–water partition coefficient (Wildman–Crippen LogP) is 3.02. The van der Waals surface area contributed by atoms with Crippen molar-refractivity contribution in [1.82, 2.24) is 0 Å². The molecule has 0 fully saturated rings. The first-order chi connectivity index (χ1) is 7.86. The van der Waals surface area contributed by atoms with Gasteiger partial charge >= 0.3 is 5.12 Å². The molecule has 78 valence electrons. The monoisotopic (exact) mass is 227 g/mol. The number of carbonyl (C=O) groups excluding carboxylic acids is 1. The summed E-state index contributed by atoms with van der Waals surface area (Å²) in [6.45, 7) is 0. The predicted molar refractivity (Wildman–Crippen MR) is 66.5 cm³/mol. The third kappa shape index (κ3) is 1.46. The zero-order chi connectivity index (χ0) is 11.0. The van der Waals surface area contributed by atoms with Crippen LogP contribution in [0.25, 0.3) is 0 Å². The number of fused-ring (bicyclic) bond motifs is 1. The molecular formula is C14H11OS+. The lowest BCUT2D eigenvalue weighted by molar-refractivity contribution is 0.108. The molecule has 1 aliphatic rings. The molecule has 2 aromatic carbocycles. The average molecular weight is 227 g/mol. The summed E-state index contributed by atoms with van der Waals surface area (Å²) in [5.41, 5.74) is 2.11. The SMILES string of the molecule is O=C1c2ccccc2C[S+]1c1ccccc1. The van der Waals surface area contributed by atoms with Crippen LogP contribution in [0.1, 0.15) is 15.9 Å². The first-order valence-electron chi connectivity index (χ1n) is 5.24. The van der Waals surface area contributed by atoms with Gasteiger partial charge in [0.15, 0.2) is 4.90 Å². The lowest BCUT2D eigenvalue weighted by Gasteiger charge is -1.96. The molecule has 1 atom stereocenters. The molecule has 0 aliphatic carbocycles. The van der Waals surface area contributed by atoms with Crippen molar-refractivity contribution in [3.05, 3.63) is 65.7 Å². The zero-order valence-corrected chi connectivity index (χ0v) is 9.54. The Morgan fingerprint density at radius 1 is 0.875 bits per heavy atom. The fraction of sp³-hybridized carbons (Fsp3) is 0.0714. The van der Waals surface area contributed by atoms with Crippen LogP contribution in [0.5, 0.6) is 0 Å². The number of carbonyl (C=O) groups is 1. The lowest BCUT2D eigenvalue weighted by atomic mass is 10.1. The molecule has 1 heterocycles. The average Bonchev–Trinajstić information content (AvgIpc) is 2.69. The molecule has 0 saturated carbocycles. The molecule has 0 saturated heterocycles. The van der Waals surface area contributed by atoms with E-state index in [9.17, 15) is 4.79 Å². The van der Waals surface area contributed by atoms with Crippen LogP contribution in [0.2, 0.25) is 0 Å². The van der Waals surface area contributed by atoms with Crippen molar-refractivity contribution in [2.45, 2.75) is 10.6 Å². The van der Waals surface area contributed by atoms with Crippen molar-refractivity contribution in [2.24, 2.45) is 0 Å². The molecule has 1 aliphatic heterocycles. The summed E-state index contributed by atoms with van der Waals surface area (Å²) in [4.78, 5) is 13.4. The van der Waals surface area contributed by atoms with Gasteiger partial charge in [0.25, 0.3) is 0 Å². The minimum absolute atomic E-state index is 0.271. The molecule has 1 nitrogen and oxygen atoms in total. The van der Waals surface area contributed by atoms with Gasteiger partial charge in [-0.1, -0.05) is 36.4 Å². The van der Waals surface area contributed by atoms with Gasteiger partial charge in [-0.3, -0.25) is 0 Å². The molecule has 0 radical (unpaired) electrons. The van der Waals surface area contributed by atoms with Crippen LogP contribution in [-0.2, 0) is 16.6 Å². The first-order valence-corrected chi connectivity index (χ1v) is 6.64. The van der Waals surface area contributed by atoms with Gasteiger partial charge in [-0.2, -0.15) is 0 Å². The molecule has 0 aromatic heterocycles. The van der Waals surface area contributed by atoms with Gasteiger partial charge < -0.3 is 0 Å². The Bertz CT molecular complexity index is 533. The minimum atomic E-state index is -0.271. The summed E-state index contributed by atoms with van der Waals surface area (Å²) in [6, 6.07) is 18.0. The molecule has 0 spiro atoms. The van der Waals surface area contributed by atoms with E-state index in [2.05, 4.69) is 6.07 Å². The Balaban J connectivity index is 2.02. The Kier molecular flexibility index (Phi) is 2.29. The van der Waals surface area contributed by atoms with Crippen molar-refractivity contribution >= 4 is 16.0 Å². The highest BCUT2D eigenvalue weighted by Gasteiger charge is 2.41. The van der Waals surface area contributed by atoms with Gasteiger partial charge in [0.05, 0.1) is 5.56 Å². The number of rotatable bonds is 1. The summed E-state index contributed by atoms with van der Waals surface area (Å²) in [6.07, 6.45) is 0. The van der Waals surface area contributed by atoms with Crippen LogP contribution in [0.4, 0.5) is 0 Å². The van der Waals surface area contributed by atoms with E-state index in [0.717, 1.165) is 16.2 Å². The van der Waals surface area contributed by atoms with Crippen LogP contribution >= 0.6 is 0 Å². The summed E-state index contributed by atoms with van der Waals surface area (Å²) < 4.78 is 0. The van der Waals surface area contributed by atoms with E-state index in [0.29, 0.717) is 5.12 Å². The van der Waals surface area contributed by atoms with Gasteiger partial charge in [0.2, 0.25) is 0 Å². The standard InChI is InChI=1S/C14H11OS/c15-14-13-9-5-4-6-11(13)10-16(14)12-7-2-1-3-8-12/h1-9H,10H2/q+1. The highest BCUT2D eigenvalue weighted by Crippen LogP contribution is 2.31. The Labute approximate surface area is 97.5 Å². The number of benzene rings is 2. The van der Waals surface area contributed by atoms with Crippen molar-refractivity contribution in [2.75, 3.05) is 0 Å².